The topological polar surface area (TPSA) is 86.7 Å². The Hall–Kier alpha value is -4.05. The second-order valence-corrected chi connectivity index (χ2v) is 11.2. The number of carbonyl (C=O) groups is 1. The van der Waals surface area contributed by atoms with Crippen LogP contribution >= 0.6 is 11.6 Å². The summed E-state index contributed by atoms with van der Waals surface area (Å²) in [5.41, 5.74) is 3.45. The molecule has 1 aliphatic carbocycles. The zero-order valence-electron chi connectivity index (χ0n) is 22.7. The highest BCUT2D eigenvalue weighted by Crippen LogP contribution is 2.29. The predicted octanol–water partition coefficient (Wildman–Crippen LogP) is 5.96. The maximum absolute atomic E-state index is 13.8. The fraction of sp³-hybridized carbons (Fsp3) is 0.333. The molecule has 212 valence electrons. The lowest BCUT2D eigenvalue weighted by Crippen LogP contribution is -2.39. The van der Waals surface area contributed by atoms with Crippen molar-refractivity contribution in [2.24, 2.45) is 13.0 Å². The van der Waals surface area contributed by atoms with Crippen LogP contribution in [0.2, 0.25) is 5.02 Å². The molecule has 1 saturated carbocycles. The number of hydrogen-bond donors (Lipinski definition) is 1. The summed E-state index contributed by atoms with van der Waals surface area (Å²) in [6.45, 7) is 2.57. The first-order valence-electron chi connectivity index (χ1n) is 13.6. The van der Waals surface area contributed by atoms with Gasteiger partial charge in [0.05, 0.1) is 33.5 Å². The summed E-state index contributed by atoms with van der Waals surface area (Å²) >= 11 is 5.91. The van der Waals surface area contributed by atoms with E-state index in [4.69, 9.17) is 11.6 Å². The lowest BCUT2D eigenvalue weighted by atomic mass is 9.85. The number of rotatable bonds is 6. The molecule has 11 heteroatoms. The minimum absolute atomic E-state index is 0.121. The molecule has 41 heavy (non-hydrogen) atoms. The van der Waals surface area contributed by atoms with Gasteiger partial charge in [-0.1, -0.05) is 23.7 Å². The molecule has 5 aromatic rings. The summed E-state index contributed by atoms with van der Waals surface area (Å²) in [5.74, 6) is -0.376. The number of aryl methyl sites for hydroxylation is 2. The van der Waals surface area contributed by atoms with Crippen molar-refractivity contribution in [2.45, 2.75) is 51.6 Å². The highest BCUT2D eigenvalue weighted by atomic mass is 35.5. The van der Waals surface area contributed by atoms with E-state index < -0.39 is 18.0 Å². The van der Waals surface area contributed by atoms with Crippen LogP contribution in [-0.4, -0.2) is 35.6 Å². The SMILES string of the molecule is Cc1cn(C)c2ncc(-n3c(=O)n(CC4CCC(NC(=O)c5cc(Cl)cnc5C(F)F)CC4)c4ccccc43)cc12. The highest BCUT2D eigenvalue weighted by molar-refractivity contribution is 6.30. The molecule has 4 aromatic heterocycles. The molecule has 1 aromatic carbocycles. The molecule has 0 spiro atoms. The van der Waals surface area contributed by atoms with Crippen molar-refractivity contribution in [1.29, 1.82) is 0 Å². The summed E-state index contributed by atoms with van der Waals surface area (Å²) in [7, 11) is 1.95. The fourth-order valence-corrected chi connectivity index (χ4v) is 6.17. The average molecular weight is 579 g/mol. The van der Waals surface area contributed by atoms with Gasteiger partial charge in [0.1, 0.15) is 11.3 Å². The number of nitrogens with zero attached hydrogens (tertiary/aromatic N) is 5. The standard InChI is InChI=1S/C30H29ClF2N6O2/c1-17-15-37(2)28-22(17)12-21(14-35-28)39-25-6-4-3-5-24(25)38(30(39)41)16-18-7-9-20(10-8-18)36-29(40)23-11-19(31)13-34-26(23)27(32)33/h3-6,11-15,18,20,27H,7-10,16H2,1-2H3,(H,36,40). The molecule has 0 radical (unpaired) electrons. The minimum Gasteiger partial charge on any atom is -0.349 e. The van der Waals surface area contributed by atoms with Crippen LogP contribution in [0.1, 0.15) is 53.7 Å². The summed E-state index contributed by atoms with van der Waals surface area (Å²) in [5, 5.41) is 4.01. The Balaban J connectivity index is 1.20. The number of amides is 1. The van der Waals surface area contributed by atoms with E-state index in [1.807, 2.05) is 59.6 Å². The second-order valence-electron chi connectivity index (χ2n) is 10.8. The Bertz CT molecular complexity index is 1830. The lowest BCUT2D eigenvalue weighted by molar-refractivity contribution is 0.0904. The predicted molar refractivity (Wildman–Crippen MR) is 154 cm³/mol. The number of fused-ring (bicyclic) bond motifs is 2. The number of imidazole rings is 1. The number of halogens is 3. The summed E-state index contributed by atoms with van der Waals surface area (Å²) in [4.78, 5) is 34.9. The van der Waals surface area contributed by atoms with Crippen LogP contribution in [0.5, 0.6) is 0 Å². The Morgan fingerprint density at radius 1 is 1.10 bits per heavy atom. The number of para-hydroxylation sites is 2. The van der Waals surface area contributed by atoms with Gasteiger partial charge in [-0.25, -0.2) is 18.6 Å². The lowest BCUT2D eigenvalue weighted by Gasteiger charge is -2.29. The number of nitrogens with one attached hydrogen (secondary N) is 1. The third-order valence-electron chi connectivity index (χ3n) is 8.05. The van der Waals surface area contributed by atoms with Crippen LogP contribution in [0.3, 0.4) is 0 Å². The van der Waals surface area contributed by atoms with E-state index in [0.29, 0.717) is 19.4 Å². The number of benzene rings is 1. The zero-order valence-corrected chi connectivity index (χ0v) is 23.4. The Kier molecular flexibility index (Phi) is 7.11. The number of hydrogen-bond acceptors (Lipinski definition) is 4. The molecule has 1 amide bonds. The van der Waals surface area contributed by atoms with Crippen molar-refractivity contribution < 1.29 is 13.6 Å². The quantitative estimate of drug-likeness (QED) is 0.269. The average Bonchev–Trinajstić information content (AvgIpc) is 3.40. The monoisotopic (exact) mass is 578 g/mol. The van der Waals surface area contributed by atoms with Crippen LogP contribution in [0.25, 0.3) is 27.8 Å². The van der Waals surface area contributed by atoms with E-state index in [1.54, 1.807) is 10.8 Å². The van der Waals surface area contributed by atoms with E-state index in [9.17, 15) is 18.4 Å². The third-order valence-corrected chi connectivity index (χ3v) is 8.26. The molecule has 6 rings (SSSR count). The minimum atomic E-state index is -2.88. The van der Waals surface area contributed by atoms with Crippen LogP contribution in [0, 0.1) is 12.8 Å². The van der Waals surface area contributed by atoms with Crippen LogP contribution in [0.15, 0.2) is 59.8 Å². The zero-order chi connectivity index (χ0) is 28.8. The van der Waals surface area contributed by atoms with Gasteiger partial charge in [-0.15, -0.1) is 0 Å². The van der Waals surface area contributed by atoms with Gasteiger partial charge < -0.3 is 9.88 Å². The molecule has 4 heterocycles. The molecule has 0 aliphatic heterocycles. The van der Waals surface area contributed by atoms with Crippen molar-refractivity contribution >= 4 is 39.6 Å². The molecule has 1 N–H and O–H groups in total. The van der Waals surface area contributed by atoms with Crippen LogP contribution < -0.4 is 11.0 Å². The fourth-order valence-electron chi connectivity index (χ4n) is 6.01. The molecule has 1 fully saturated rings. The largest absolute Gasteiger partial charge is 0.349 e. The van der Waals surface area contributed by atoms with Crippen LogP contribution in [-0.2, 0) is 13.6 Å². The number of alkyl halides is 2. The number of aromatic nitrogens is 5. The van der Waals surface area contributed by atoms with Crippen molar-refractivity contribution in [3.05, 3.63) is 87.3 Å². The summed E-state index contributed by atoms with van der Waals surface area (Å²) < 4.78 is 32.3. The third kappa shape index (κ3) is 5.01. The molecular weight excluding hydrogens is 550 g/mol. The Labute approximate surface area is 239 Å². The first-order chi connectivity index (χ1) is 19.7. The summed E-state index contributed by atoms with van der Waals surface area (Å²) in [6.07, 6.45) is 4.91. The van der Waals surface area contributed by atoms with Crippen molar-refractivity contribution in [1.82, 2.24) is 29.0 Å². The molecule has 0 bridgehead atoms. The van der Waals surface area contributed by atoms with E-state index in [2.05, 4.69) is 15.3 Å². The van der Waals surface area contributed by atoms with Gasteiger partial charge in [0.15, 0.2) is 0 Å². The van der Waals surface area contributed by atoms with Gasteiger partial charge in [0.2, 0.25) is 0 Å². The number of pyridine rings is 2. The van der Waals surface area contributed by atoms with Crippen LogP contribution in [0.4, 0.5) is 8.78 Å². The summed E-state index contributed by atoms with van der Waals surface area (Å²) in [6, 6.07) is 10.8. The smallest absolute Gasteiger partial charge is 0.333 e. The van der Waals surface area contributed by atoms with Gasteiger partial charge in [-0.3, -0.25) is 18.9 Å². The van der Waals surface area contributed by atoms with Crippen molar-refractivity contribution in [3.8, 4) is 5.69 Å². The normalized spacial score (nSPS) is 17.5. The molecule has 1 aliphatic rings. The van der Waals surface area contributed by atoms with Gasteiger partial charge in [0.25, 0.3) is 12.3 Å². The molecular formula is C30H29ClF2N6O2. The Morgan fingerprint density at radius 2 is 1.83 bits per heavy atom. The van der Waals surface area contributed by atoms with Crippen molar-refractivity contribution in [2.75, 3.05) is 0 Å². The van der Waals surface area contributed by atoms with Gasteiger partial charge in [-0.05, 0) is 68.4 Å². The molecule has 0 atom stereocenters. The maximum atomic E-state index is 13.8. The van der Waals surface area contributed by atoms with Gasteiger partial charge in [0, 0.05) is 37.4 Å². The van der Waals surface area contributed by atoms with Gasteiger partial charge >= 0.3 is 5.69 Å². The van der Waals surface area contributed by atoms with E-state index >= 15 is 0 Å². The first kappa shape index (κ1) is 27.1. The molecule has 0 saturated heterocycles. The Morgan fingerprint density at radius 3 is 2.56 bits per heavy atom. The second kappa shape index (κ2) is 10.7. The number of carbonyl (C=O) groups excluding carboxylic acids is 1. The first-order valence-corrected chi connectivity index (χ1v) is 14.0. The van der Waals surface area contributed by atoms with Crippen molar-refractivity contribution in [3.63, 3.8) is 0 Å². The highest BCUT2D eigenvalue weighted by Gasteiger charge is 2.27. The van der Waals surface area contributed by atoms with E-state index in [1.165, 1.54) is 6.07 Å². The maximum Gasteiger partial charge on any atom is 0.333 e. The molecule has 0 unspecified atom stereocenters. The van der Waals surface area contributed by atoms with Gasteiger partial charge in [-0.2, -0.15) is 0 Å². The molecule has 8 nitrogen and oxygen atoms in total. The van der Waals surface area contributed by atoms with E-state index in [-0.39, 0.29) is 28.2 Å². The van der Waals surface area contributed by atoms with E-state index in [0.717, 1.165) is 52.4 Å².